The Morgan fingerprint density at radius 2 is 0.664 bits per heavy atom. The molecule has 25 heteroatoms. The molecule has 14 nitrogen and oxygen atoms in total. The summed E-state index contributed by atoms with van der Waals surface area (Å²) in [5.41, 5.74) is 2.75. The smallest absolute Gasteiger partial charge is 0.322 e. The number of carbonyl (C=O) groups is 6. The first-order valence-corrected chi connectivity index (χ1v) is 36.2. The van der Waals surface area contributed by atoms with Crippen molar-refractivity contribution in [3.8, 4) is 33.4 Å². The number of nitrogens with zero attached hydrogens (tertiary/aromatic N) is 5. The van der Waals surface area contributed by atoms with Gasteiger partial charge in [0, 0.05) is 35.7 Å². The number of amides is 6. The van der Waals surface area contributed by atoms with Crippen LogP contribution in [0.2, 0.25) is 0 Å². The van der Waals surface area contributed by atoms with Crippen LogP contribution < -0.4 is 30.7 Å². The highest BCUT2D eigenvalue weighted by atomic mass is 19.4. The van der Waals surface area contributed by atoms with Crippen molar-refractivity contribution < 1.29 is 77.1 Å². The summed E-state index contributed by atoms with van der Waals surface area (Å²) in [5.74, 6) is -5.91. The van der Waals surface area contributed by atoms with E-state index < -0.39 is 103 Å². The molecule has 0 atom stereocenters. The van der Waals surface area contributed by atoms with Gasteiger partial charge in [-0.1, -0.05) is 114 Å². The van der Waals surface area contributed by atoms with Crippen LogP contribution in [-0.4, -0.2) is 45.4 Å². The first kappa shape index (κ1) is 80.6. The SMILES string of the molecule is Cc1ccc(NC(=O)c2cc(-c3cccc4c3C(C)(C)C(=O)N4c3cccc(F)c3F)ccc2C(F)(F)F)cc1.Cc1ccc(NC(=O)c2cc(-c3cccc4c3C(C)(C)C(=O)N4c3cccnc3)ccc2C(F)(F)F)cc1.Cc1ccc(NC(=O)c2cc(-c3cccc4c3C(C)(C)C(=O)N4c3ccncc3)ccc2C(F)(F)F)cc1. The van der Waals surface area contributed by atoms with Crippen LogP contribution in [0.15, 0.2) is 249 Å². The van der Waals surface area contributed by atoms with E-state index in [1.54, 1.807) is 228 Å². The third-order valence-corrected chi connectivity index (χ3v) is 20.5. The summed E-state index contributed by atoms with van der Waals surface area (Å²) in [5, 5.41) is 7.66. The lowest BCUT2D eigenvalue weighted by molar-refractivity contribution is -0.138. The zero-order chi connectivity index (χ0) is 83.5. The maximum Gasteiger partial charge on any atom is 0.417 e. The zero-order valence-electron chi connectivity index (χ0n) is 63.5. The number of hydrogen-bond donors (Lipinski definition) is 3. The number of aromatic nitrogens is 2. The molecule has 0 bridgehead atoms. The van der Waals surface area contributed by atoms with Gasteiger partial charge in [0.1, 0.15) is 0 Å². The van der Waals surface area contributed by atoms with E-state index in [1.807, 2.05) is 20.8 Å². The molecule has 0 saturated heterocycles. The maximum absolute atomic E-state index is 14.8. The summed E-state index contributed by atoms with van der Waals surface area (Å²) in [6, 6.07) is 56.2. The molecular formula is C91H71F11N8O6. The minimum Gasteiger partial charge on any atom is -0.322 e. The Labute approximate surface area is 659 Å². The average Bonchev–Trinajstić information content (AvgIpc) is 1.57. The monoisotopic (exact) mass is 1580 g/mol. The van der Waals surface area contributed by atoms with Crippen LogP contribution >= 0.6 is 0 Å². The van der Waals surface area contributed by atoms with Gasteiger partial charge in [0.2, 0.25) is 17.7 Å². The molecule has 116 heavy (non-hydrogen) atoms. The first-order chi connectivity index (χ1) is 54.8. The van der Waals surface area contributed by atoms with Gasteiger partial charge in [0.15, 0.2) is 11.6 Å². The summed E-state index contributed by atoms with van der Waals surface area (Å²) in [4.78, 5) is 92.4. The number of nitrogens with one attached hydrogen (secondary N) is 3. The molecule has 588 valence electrons. The largest absolute Gasteiger partial charge is 0.417 e. The minimum atomic E-state index is -4.81. The Hall–Kier alpha value is -13.5. The number of anilines is 9. The van der Waals surface area contributed by atoms with Crippen LogP contribution in [0, 0.1) is 32.4 Å². The molecule has 0 aliphatic carbocycles. The van der Waals surface area contributed by atoms with E-state index in [0.717, 1.165) is 51.9 Å². The highest BCUT2D eigenvalue weighted by Gasteiger charge is 2.50. The minimum absolute atomic E-state index is 0.171. The van der Waals surface area contributed by atoms with Gasteiger partial charge in [0.25, 0.3) is 17.7 Å². The molecule has 0 radical (unpaired) electrons. The molecule has 0 saturated carbocycles. The van der Waals surface area contributed by atoms with E-state index in [9.17, 15) is 77.1 Å². The zero-order valence-corrected chi connectivity index (χ0v) is 63.5. The molecular weight excluding hydrogens is 1510 g/mol. The van der Waals surface area contributed by atoms with Crippen molar-refractivity contribution in [2.45, 2.75) is 97.1 Å². The van der Waals surface area contributed by atoms with Crippen molar-refractivity contribution in [1.82, 2.24) is 9.97 Å². The number of alkyl halides is 9. The van der Waals surface area contributed by atoms with Crippen molar-refractivity contribution in [2.75, 3.05) is 30.7 Å². The molecule has 5 heterocycles. The molecule has 0 fully saturated rings. The lowest BCUT2D eigenvalue weighted by atomic mass is 9.81. The van der Waals surface area contributed by atoms with Gasteiger partial charge in [-0.2, -0.15) is 39.5 Å². The van der Waals surface area contributed by atoms with E-state index >= 15 is 0 Å². The maximum atomic E-state index is 14.8. The third-order valence-electron chi connectivity index (χ3n) is 20.5. The fourth-order valence-corrected chi connectivity index (χ4v) is 14.7. The molecule has 15 rings (SSSR count). The van der Waals surface area contributed by atoms with E-state index in [0.29, 0.717) is 84.3 Å². The van der Waals surface area contributed by atoms with Gasteiger partial charge >= 0.3 is 18.5 Å². The van der Waals surface area contributed by atoms with E-state index in [4.69, 9.17) is 0 Å². The molecule has 0 unspecified atom stereocenters. The first-order valence-electron chi connectivity index (χ1n) is 36.2. The van der Waals surface area contributed by atoms with Crippen LogP contribution in [0.4, 0.5) is 99.5 Å². The summed E-state index contributed by atoms with van der Waals surface area (Å²) in [7, 11) is 0. The van der Waals surface area contributed by atoms with Crippen molar-refractivity contribution in [1.29, 1.82) is 0 Å². The topological polar surface area (TPSA) is 174 Å². The number of pyridine rings is 2. The third kappa shape index (κ3) is 15.5. The van der Waals surface area contributed by atoms with Crippen molar-refractivity contribution in [3.63, 3.8) is 0 Å². The van der Waals surface area contributed by atoms with Gasteiger partial charge < -0.3 is 16.0 Å². The quantitative estimate of drug-likeness (QED) is 0.101. The molecule has 12 aromatic rings. The predicted octanol–water partition coefficient (Wildman–Crippen LogP) is 22.7. The summed E-state index contributed by atoms with van der Waals surface area (Å²) < 4.78 is 154. The Kier molecular flexibility index (Phi) is 21.4. The summed E-state index contributed by atoms with van der Waals surface area (Å²) in [6.07, 6.45) is -7.90. The van der Waals surface area contributed by atoms with Crippen LogP contribution in [0.3, 0.4) is 0 Å². The van der Waals surface area contributed by atoms with Crippen molar-refractivity contribution in [3.05, 3.63) is 328 Å². The number of rotatable bonds is 12. The number of halogens is 11. The van der Waals surface area contributed by atoms with Crippen LogP contribution in [0.25, 0.3) is 33.4 Å². The summed E-state index contributed by atoms with van der Waals surface area (Å²) in [6.45, 7) is 15.9. The number of benzene rings is 10. The fourth-order valence-electron chi connectivity index (χ4n) is 14.7. The number of fused-ring (bicyclic) bond motifs is 3. The van der Waals surface area contributed by atoms with Crippen LogP contribution in [-0.2, 0) is 49.2 Å². The number of hydrogen-bond acceptors (Lipinski definition) is 8. The lowest BCUT2D eigenvalue weighted by Crippen LogP contribution is -2.33. The lowest BCUT2D eigenvalue weighted by Gasteiger charge is -2.21. The Balaban J connectivity index is 0.000000151. The summed E-state index contributed by atoms with van der Waals surface area (Å²) >= 11 is 0. The van der Waals surface area contributed by atoms with E-state index in [1.165, 1.54) is 42.5 Å². The number of carbonyl (C=O) groups excluding carboxylic acids is 6. The molecule has 0 spiro atoms. The number of aryl methyl sites for hydroxylation is 3. The van der Waals surface area contributed by atoms with Gasteiger partial charge in [-0.3, -0.25) is 53.4 Å². The normalized spacial score (nSPS) is 14.3. The second-order valence-electron chi connectivity index (χ2n) is 29.6. The Morgan fingerprint density at radius 1 is 0.345 bits per heavy atom. The Bertz CT molecular complexity index is 5660. The molecule has 3 N–H and O–H groups in total. The molecule has 2 aromatic heterocycles. The molecule has 3 aliphatic rings. The van der Waals surface area contributed by atoms with Gasteiger partial charge in [0.05, 0.1) is 89.9 Å². The molecule has 10 aromatic carbocycles. The van der Waals surface area contributed by atoms with Gasteiger partial charge in [-0.15, -0.1) is 0 Å². The van der Waals surface area contributed by atoms with Crippen molar-refractivity contribution in [2.24, 2.45) is 0 Å². The second-order valence-corrected chi connectivity index (χ2v) is 29.6. The van der Waals surface area contributed by atoms with Gasteiger partial charge in [-0.05, 0) is 240 Å². The predicted molar refractivity (Wildman–Crippen MR) is 423 cm³/mol. The van der Waals surface area contributed by atoms with Crippen LogP contribution in [0.1, 0.15) is 123 Å². The van der Waals surface area contributed by atoms with Crippen LogP contribution in [0.5, 0.6) is 0 Å². The average molecular weight is 1580 g/mol. The molecule has 6 amide bonds. The van der Waals surface area contributed by atoms with Gasteiger partial charge in [-0.25, -0.2) is 8.78 Å². The second kappa shape index (κ2) is 30.8. The van der Waals surface area contributed by atoms with Crippen molar-refractivity contribution >= 4 is 86.6 Å². The van der Waals surface area contributed by atoms with E-state index in [-0.39, 0.29) is 28.8 Å². The highest BCUT2D eigenvalue weighted by Crippen LogP contribution is 2.54. The van der Waals surface area contributed by atoms with E-state index in [2.05, 4.69) is 25.9 Å². The molecule has 3 aliphatic heterocycles. The highest BCUT2D eigenvalue weighted by molar-refractivity contribution is 6.17. The Morgan fingerprint density at radius 3 is 1.00 bits per heavy atom. The fraction of sp³-hybridized carbons (Fsp3) is 0.165. The standard InChI is InChI=1S/C31H23F5N2O2.2C30H24F3N3O2/c1-17-10-13-19(14-11-17)37-28(39)21-16-18(12-15-22(21)31(34,35)36)20-6-4-8-24-26(20)30(2,3)29(40)38(24)25-9-5-7-23(32)27(25)33;1-18-9-12-20(13-10-18)35-27(37)23-16-19(11-14-24(23)30(31,32)33)22-7-4-8-25-26(22)29(2,3)28(38)36(25)21-6-5-15-34-17-21;1-18-7-10-20(11-8-18)35-27(37)23-17-19(9-12-24(23)30(31,32)33)22-5-4-6-25-26(22)29(2,3)28(38)36(25)21-13-15-34-16-14-21/h4-16H,1-3H3,(H,37,39);2*4-17H,1-3H3,(H,35,37).